The fourth-order valence-electron chi connectivity index (χ4n) is 0.430. The standard InChI is InChI=1S/2C3H4N2.ClH/c2*1-2-4-5-3-1;/h2*1-3H,(H,4,5);1H. The number of nitrogens with zero attached hydrogens (tertiary/aromatic N) is 2. The van der Waals surface area contributed by atoms with Crippen molar-refractivity contribution in [3.63, 3.8) is 0 Å². The van der Waals surface area contributed by atoms with Gasteiger partial charge in [0.05, 0.1) is 0 Å². The van der Waals surface area contributed by atoms with E-state index in [0.717, 1.165) is 0 Å². The summed E-state index contributed by atoms with van der Waals surface area (Å²) in [6.07, 6.45) is 6.92. The second-order valence-electron chi connectivity index (χ2n) is 1.53. The van der Waals surface area contributed by atoms with Gasteiger partial charge in [0.25, 0.3) is 0 Å². The van der Waals surface area contributed by atoms with E-state index in [2.05, 4.69) is 20.4 Å². The molecule has 2 aromatic rings. The summed E-state index contributed by atoms with van der Waals surface area (Å²) in [5.41, 5.74) is 0. The molecule has 2 N–H and O–H groups in total. The van der Waals surface area contributed by atoms with Crippen LogP contribution in [0.4, 0.5) is 0 Å². The lowest BCUT2D eigenvalue weighted by Gasteiger charge is -1.49. The molecular formula is C6H9ClN4. The highest BCUT2D eigenvalue weighted by Crippen LogP contribution is 1.65. The number of aromatic amines is 2. The number of hydrogen-bond acceptors (Lipinski definition) is 2. The summed E-state index contributed by atoms with van der Waals surface area (Å²) >= 11 is 0. The molecule has 5 heteroatoms. The first-order valence-corrected chi connectivity index (χ1v) is 2.87. The van der Waals surface area contributed by atoms with E-state index in [9.17, 15) is 0 Å². The average Bonchev–Trinajstić information content (AvgIpc) is 2.67. The Balaban J connectivity index is 0.000000167. The van der Waals surface area contributed by atoms with Gasteiger partial charge in [0.1, 0.15) is 0 Å². The van der Waals surface area contributed by atoms with Crippen LogP contribution in [0.5, 0.6) is 0 Å². The SMILES string of the molecule is Cl.c1cn[nH]c1.c1cn[nH]c1. The van der Waals surface area contributed by atoms with Gasteiger partial charge in [0.15, 0.2) is 0 Å². The number of hydrogen-bond donors (Lipinski definition) is 2. The zero-order valence-corrected chi connectivity index (χ0v) is 6.58. The molecule has 4 nitrogen and oxygen atoms in total. The molecule has 0 radical (unpaired) electrons. The largest absolute Gasteiger partial charge is 0.286 e. The van der Waals surface area contributed by atoms with Crippen LogP contribution in [-0.4, -0.2) is 20.4 Å². The van der Waals surface area contributed by atoms with E-state index < -0.39 is 0 Å². The first kappa shape index (κ1) is 9.71. The number of aromatic nitrogens is 4. The Hall–Kier alpha value is -1.29. The Morgan fingerprint density at radius 3 is 1.36 bits per heavy atom. The maximum absolute atomic E-state index is 3.60. The van der Waals surface area contributed by atoms with E-state index in [4.69, 9.17) is 0 Å². The number of H-pyrrole nitrogens is 2. The predicted octanol–water partition coefficient (Wildman–Crippen LogP) is 1.24. The average molecular weight is 173 g/mol. The molecule has 0 saturated carbocycles. The smallest absolute Gasteiger partial charge is 0.0487 e. The number of halogens is 1. The molecule has 0 spiro atoms. The molecular weight excluding hydrogens is 164 g/mol. The molecule has 2 heterocycles. The normalized spacial score (nSPS) is 7.27. The van der Waals surface area contributed by atoms with Crippen molar-refractivity contribution in [2.75, 3.05) is 0 Å². The lowest BCUT2D eigenvalue weighted by molar-refractivity contribution is 1.09. The van der Waals surface area contributed by atoms with Crippen LogP contribution < -0.4 is 0 Å². The van der Waals surface area contributed by atoms with Crippen LogP contribution in [0, 0.1) is 0 Å². The van der Waals surface area contributed by atoms with Crippen molar-refractivity contribution >= 4 is 12.4 Å². The summed E-state index contributed by atoms with van der Waals surface area (Å²) in [6.45, 7) is 0. The van der Waals surface area contributed by atoms with Crippen molar-refractivity contribution in [2.45, 2.75) is 0 Å². The van der Waals surface area contributed by atoms with E-state index in [1.807, 2.05) is 12.1 Å². The number of nitrogens with one attached hydrogen (secondary N) is 2. The summed E-state index contributed by atoms with van der Waals surface area (Å²) in [5.74, 6) is 0. The van der Waals surface area contributed by atoms with Crippen LogP contribution in [0.3, 0.4) is 0 Å². The van der Waals surface area contributed by atoms with Gasteiger partial charge in [-0.15, -0.1) is 12.4 Å². The second-order valence-corrected chi connectivity index (χ2v) is 1.53. The van der Waals surface area contributed by atoms with Crippen LogP contribution in [0.2, 0.25) is 0 Å². The first-order chi connectivity index (χ1) is 5.00. The molecule has 0 aliphatic carbocycles. The third-order valence-electron chi connectivity index (χ3n) is 0.812. The van der Waals surface area contributed by atoms with Gasteiger partial charge in [-0.25, -0.2) is 0 Å². The van der Waals surface area contributed by atoms with E-state index in [1.54, 1.807) is 24.8 Å². The van der Waals surface area contributed by atoms with Gasteiger partial charge in [0, 0.05) is 24.8 Å². The van der Waals surface area contributed by atoms with Gasteiger partial charge < -0.3 is 0 Å². The zero-order valence-electron chi connectivity index (χ0n) is 5.77. The Morgan fingerprint density at radius 1 is 0.818 bits per heavy atom. The van der Waals surface area contributed by atoms with Crippen LogP contribution in [0.15, 0.2) is 36.9 Å². The Labute approximate surface area is 70.4 Å². The molecule has 0 bridgehead atoms. The second kappa shape index (κ2) is 6.82. The zero-order chi connectivity index (χ0) is 7.07. The lowest BCUT2D eigenvalue weighted by atomic mass is 10.8. The van der Waals surface area contributed by atoms with E-state index in [0.29, 0.717) is 0 Å². The summed E-state index contributed by atoms with van der Waals surface area (Å²) in [5, 5.41) is 12.4. The maximum Gasteiger partial charge on any atom is 0.0487 e. The highest BCUT2D eigenvalue weighted by molar-refractivity contribution is 5.85. The minimum absolute atomic E-state index is 0. The number of rotatable bonds is 0. The minimum atomic E-state index is 0. The molecule has 2 rings (SSSR count). The summed E-state index contributed by atoms with van der Waals surface area (Å²) in [7, 11) is 0. The third kappa shape index (κ3) is 5.17. The van der Waals surface area contributed by atoms with Crippen LogP contribution in [-0.2, 0) is 0 Å². The van der Waals surface area contributed by atoms with Gasteiger partial charge in [-0.3, -0.25) is 10.2 Å². The molecule has 60 valence electrons. The molecule has 0 saturated heterocycles. The van der Waals surface area contributed by atoms with E-state index in [-0.39, 0.29) is 12.4 Å². The molecule has 0 aliphatic rings. The molecule has 0 aromatic carbocycles. The van der Waals surface area contributed by atoms with Crippen molar-refractivity contribution in [1.29, 1.82) is 0 Å². The van der Waals surface area contributed by atoms with Crippen LogP contribution >= 0.6 is 12.4 Å². The van der Waals surface area contributed by atoms with Gasteiger partial charge >= 0.3 is 0 Å². The van der Waals surface area contributed by atoms with E-state index in [1.165, 1.54) is 0 Å². The highest BCUT2D eigenvalue weighted by atomic mass is 35.5. The van der Waals surface area contributed by atoms with Gasteiger partial charge in [-0.1, -0.05) is 0 Å². The van der Waals surface area contributed by atoms with Crippen molar-refractivity contribution < 1.29 is 0 Å². The quantitative estimate of drug-likeness (QED) is 0.628. The molecule has 2 aromatic heterocycles. The monoisotopic (exact) mass is 172 g/mol. The minimum Gasteiger partial charge on any atom is -0.286 e. The van der Waals surface area contributed by atoms with Crippen molar-refractivity contribution in [3.8, 4) is 0 Å². The van der Waals surface area contributed by atoms with Gasteiger partial charge in [-0.05, 0) is 12.1 Å². The van der Waals surface area contributed by atoms with Crippen molar-refractivity contribution in [2.24, 2.45) is 0 Å². The van der Waals surface area contributed by atoms with Crippen molar-refractivity contribution in [1.82, 2.24) is 20.4 Å². The summed E-state index contributed by atoms with van der Waals surface area (Å²) < 4.78 is 0. The molecule has 0 unspecified atom stereocenters. The molecule has 11 heavy (non-hydrogen) atoms. The molecule has 0 amide bonds. The Morgan fingerprint density at radius 2 is 1.27 bits per heavy atom. The Bertz CT molecular complexity index is 154. The Kier molecular flexibility index (Phi) is 6.02. The lowest BCUT2D eigenvalue weighted by Crippen LogP contribution is -1.53. The third-order valence-corrected chi connectivity index (χ3v) is 0.812. The van der Waals surface area contributed by atoms with Gasteiger partial charge in [-0.2, -0.15) is 10.2 Å². The summed E-state index contributed by atoms with van der Waals surface area (Å²) in [6, 6.07) is 3.67. The van der Waals surface area contributed by atoms with Gasteiger partial charge in [0.2, 0.25) is 0 Å². The highest BCUT2D eigenvalue weighted by Gasteiger charge is 1.57. The van der Waals surface area contributed by atoms with Crippen molar-refractivity contribution in [3.05, 3.63) is 36.9 Å². The first-order valence-electron chi connectivity index (χ1n) is 2.87. The maximum atomic E-state index is 3.60. The van der Waals surface area contributed by atoms with E-state index >= 15 is 0 Å². The molecule has 0 fully saturated rings. The molecule has 0 aliphatic heterocycles. The fourth-order valence-corrected chi connectivity index (χ4v) is 0.430. The molecule has 0 atom stereocenters. The summed E-state index contributed by atoms with van der Waals surface area (Å²) in [4.78, 5) is 0. The topological polar surface area (TPSA) is 57.4 Å². The van der Waals surface area contributed by atoms with Crippen LogP contribution in [0.25, 0.3) is 0 Å². The van der Waals surface area contributed by atoms with Crippen LogP contribution in [0.1, 0.15) is 0 Å². The fraction of sp³-hybridized carbons (Fsp3) is 0. The predicted molar refractivity (Wildman–Crippen MR) is 44.4 cm³/mol.